The third-order valence-electron chi connectivity index (χ3n) is 7.61. The number of benzene rings is 2. The Morgan fingerprint density at radius 1 is 1.18 bits per heavy atom. The van der Waals surface area contributed by atoms with Crippen molar-refractivity contribution in [2.75, 3.05) is 25.5 Å². The van der Waals surface area contributed by atoms with Crippen LogP contribution in [-0.4, -0.2) is 53.3 Å². The monoisotopic (exact) mass is 525 g/mol. The lowest BCUT2D eigenvalue weighted by molar-refractivity contribution is 0.0729. The summed E-state index contributed by atoms with van der Waals surface area (Å²) in [5.41, 5.74) is 2.99. The van der Waals surface area contributed by atoms with Gasteiger partial charge in [-0.05, 0) is 61.9 Å². The summed E-state index contributed by atoms with van der Waals surface area (Å²) in [5.74, 6) is -0.578. The van der Waals surface area contributed by atoms with Crippen LogP contribution in [0.15, 0.2) is 48.5 Å². The Bertz CT molecular complexity index is 1260. The van der Waals surface area contributed by atoms with Crippen LogP contribution in [0.25, 0.3) is 5.69 Å². The molecular formula is C28H33F2N5O3. The van der Waals surface area contributed by atoms with Crippen LogP contribution in [0.4, 0.5) is 19.4 Å². The molecule has 1 saturated heterocycles. The van der Waals surface area contributed by atoms with E-state index in [4.69, 9.17) is 9.84 Å². The first kappa shape index (κ1) is 26.3. The van der Waals surface area contributed by atoms with E-state index in [-0.39, 0.29) is 30.0 Å². The van der Waals surface area contributed by atoms with Crippen molar-refractivity contribution in [1.29, 1.82) is 0 Å². The third kappa shape index (κ3) is 5.57. The van der Waals surface area contributed by atoms with Gasteiger partial charge in [0.25, 0.3) is 0 Å². The van der Waals surface area contributed by atoms with Crippen molar-refractivity contribution in [1.82, 2.24) is 20.4 Å². The highest BCUT2D eigenvalue weighted by molar-refractivity contribution is 5.90. The summed E-state index contributed by atoms with van der Waals surface area (Å²) < 4.78 is 34.9. The standard InChI is InChI=1S/C28H33F2N5O3/c1-16-26(18-10-23(36)11-18)34-35(22-6-4-3-5-7-22)27(16)33-28(37)32-24-15-31-14-19(24)12-25(38-2)17-8-20(29)13-21(30)9-17/h3-9,13,18-19,23-25,31,36H,10-12,14-15H2,1-2H3,(H2,32,33,37)/t18?,19-,23?,24-,25?/m1/s1. The van der Waals surface area contributed by atoms with Gasteiger partial charge in [0.1, 0.15) is 17.5 Å². The molecule has 1 aliphatic heterocycles. The summed E-state index contributed by atoms with van der Waals surface area (Å²) in [7, 11) is 1.51. The molecule has 1 unspecified atom stereocenters. The lowest BCUT2D eigenvalue weighted by atomic mass is 9.79. The summed E-state index contributed by atoms with van der Waals surface area (Å²) in [5, 5.41) is 24.0. The summed E-state index contributed by atoms with van der Waals surface area (Å²) in [6, 6.07) is 12.4. The number of halogens is 2. The maximum atomic E-state index is 13.8. The molecule has 5 rings (SSSR count). The number of hydrogen-bond acceptors (Lipinski definition) is 5. The second kappa shape index (κ2) is 11.2. The molecular weight excluding hydrogens is 492 g/mol. The van der Waals surface area contributed by atoms with Crippen LogP contribution in [0.1, 0.15) is 48.1 Å². The number of carbonyl (C=O) groups is 1. The van der Waals surface area contributed by atoms with Crippen molar-refractivity contribution in [2.45, 2.75) is 50.4 Å². The Morgan fingerprint density at radius 2 is 1.89 bits per heavy atom. The first-order valence-electron chi connectivity index (χ1n) is 12.9. The quantitative estimate of drug-likeness (QED) is 0.354. The number of nitrogens with zero attached hydrogens (tertiary/aromatic N) is 2. The van der Waals surface area contributed by atoms with Gasteiger partial charge in [0.15, 0.2) is 0 Å². The minimum Gasteiger partial charge on any atom is -0.393 e. The molecule has 1 saturated carbocycles. The fraction of sp³-hybridized carbons (Fsp3) is 0.429. The van der Waals surface area contributed by atoms with E-state index in [0.717, 1.165) is 23.0 Å². The summed E-state index contributed by atoms with van der Waals surface area (Å²) >= 11 is 0. The third-order valence-corrected chi connectivity index (χ3v) is 7.61. The molecule has 8 nitrogen and oxygen atoms in total. The van der Waals surface area contributed by atoms with Gasteiger partial charge in [-0.25, -0.2) is 18.3 Å². The van der Waals surface area contributed by atoms with E-state index in [9.17, 15) is 18.7 Å². The van der Waals surface area contributed by atoms with Crippen LogP contribution in [0.3, 0.4) is 0 Å². The van der Waals surface area contributed by atoms with Gasteiger partial charge in [0, 0.05) is 43.8 Å². The van der Waals surface area contributed by atoms with E-state index in [0.29, 0.717) is 43.7 Å². The minimum atomic E-state index is -0.651. The Hall–Kier alpha value is -3.34. The molecule has 3 atom stereocenters. The van der Waals surface area contributed by atoms with E-state index < -0.39 is 17.7 Å². The highest BCUT2D eigenvalue weighted by Gasteiger charge is 2.35. The van der Waals surface area contributed by atoms with Gasteiger partial charge in [-0.1, -0.05) is 18.2 Å². The van der Waals surface area contributed by atoms with E-state index in [1.165, 1.54) is 19.2 Å². The van der Waals surface area contributed by atoms with Gasteiger partial charge in [0.05, 0.1) is 23.6 Å². The molecule has 10 heteroatoms. The average molecular weight is 526 g/mol. The van der Waals surface area contributed by atoms with Crippen molar-refractivity contribution < 1.29 is 23.4 Å². The summed E-state index contributed by atoms with van der Waals surface area (Å²) in [4.78, 5) is 13.2. The topological polar surface area (TPSA) is 100 Å². The van der Waals surface area contributed by atoms with Crippen molar-refractivity contribution in [3.63, 3.8) is 0 Å². The number of methoxy groups -OCH3 is 1. The Labute approximate surface area is 220 Å². The molecule has 2 aliphatic rings. The number of carbonyl (C=O) groups excluding carboxylic acids is 1. The first-order chi connectivity index (χ1) is 18.3. The maximum Gasteiger partial charge on any atom is 0.320 e. The number of urea groups is 1. The van der Waals surface area contributed by atoms with E-state index >= 15 is 0 Å². The SMILES string of the molecule is COC(C[C@@H]1CNC[C@H]1NC(=O)Nc1c(C)c(C2CC(O)C2)nn1-c1ccccc1)c1cc(F)cc(F)c1. The van der Waals surface area contributed by atoms with Crippen LogP contribution in [0, 0.1) is 24.5 Å². The normalized spacial score (nSPS) is 23.6. The fourth-order valence-electron chi connectivity index (χ4n) is 5.48. The van der Waals surface area contributed by atoms with Gasteiger partial charge in [-0.3, -0.25) is 5.32 Å². The predicted octanol–water partition coefficient (Wildman–Crippen LogP) is 4.18. The van der Waals surface area contributed by atoms with E-state index in [1.54, 1.807) is 4.68 Å². The second-order valence-electron chi connectivity index (χ2n) is 10.2. The molecule has 1 aromatic heterocycles. The van der Waals surface area contributed by atoms with Gasteiger partial charge in [0.2, 0.25) is 0 Å². The number of aliphatic hydroxyl groups excluding tert-OH is 1. The molecule has 3 aromatic rings. The van der Waals surface area contributed by atoms with E-state index in [1.807, 2.05) is 37.3 Å². The zero-order valence-electron chi connectivity index (χ0n) is 21.5. The summed E-state index contributed by atoms with van der Waals surface area (Å²) in [6.45, 7) is 3.13. The lowest BCUT2D eigenvalue weighted by Gasteiger charge is -2.30. The molecule has 2 heterocycles. The number of aromatic nitrogens is 2. The van der Waals surface area contributed by atoms with Crippen molar-refractivity contribution in [3.8, 4) is 5.69 Å². The van der Waals surface area contributed by atoms with Gasteiger partial charge >= 0.3 is 6.03 Å². The Morgan fingerprint density at radius 3 is 2.55 bits per heavy atom. The van der Waals surface area contributed by atoms with Crippen LogP contribution in [0.2, 0.25) is 0 Å². The highest BCUT2D eigenvalue weighted by atomic mass is 19.1. The van der Waals surface area contributed by atoms with Gasteiger partial charge < -0.3 is 20.5 Å². The van der Waals surface area contributed by atoms with Crippen LogP contribution < -0.4 is 16.0 Å². The van der Waals surface area contributed by atoms with Crippen molar-refractivity contribution in [2.24, 2.45) is 5.92 Å². The Balaban J connectivity index is 1.31. The molecule has 0 radical (unpaired) electrons. The number of ether oxygens (including phenoxy) is 1. The number of nitrogens with one attached hydrogen (secondary N) is 3. The highest BCUT2D eigenvalue weighted by Crippen LogP contribution is 2.40. The number of anilines is 1. The van der Waals surface area contributed by atoms with E-state index in [2.05, 4.69) is 16.0 Å². The van der Waals surface area contributed by atoms with Crippen molar-refractivity contribution >= 4 is 11.8 Å². The minimum absolute atomic E-state index is 0.0100. The number of para-hydroxylation sites is 1. The molecule has 202 valence electrons. The molecule has 4 N–H and O–H groups in total. The molecule has 2 aromatic carbocycles. The molecule has 0 bridgehead atoms. The largest absolute Gasteiger partial charge is 0.393 e. The van der Waals surface area contributed by atoms with Crippen LogP contribution in [-0.2, 0) is 4.74 Å². The maximum absolute atomic E-state index is 13.8. The summed E-state index contributed by atoms with van der Waals surface area (Å²) in [6.07, 6.45) is 0.965. The molecule has 2 fully saturated rings. The lowest BCUT2D eigenvalue weighted by Crippen LogP contribution is -2.43. The van der Waals surface area contributed by atoms with Crippen LogP contribution in [0.5, 0.6) is 0 Å². The van der Waals surface area contributed by atoms with Crippen LogP contribution >= 0.6 is 0 Å². The number of aliphatic hydroxyl groups is 1. The predicted molar refractivity (Wildman–Crippen MR) is 139 cm³/mol. The smallest absolute Gasteiger partial charge is 0.320 e. The molecule has 1 aliphatic carbocycles. The zero-order valence-corrected chi connectivity index (χ0v) is 21.5. The second-order valence-corrected chi connectivity index (χ2v) is 10.2. The number of rotatable bonds is 8. The Kier molecular flexibility index (Phi) is 7.73. The van der Waals surface area contributed by atoms with Crippen molar-refractivity contribution in [3.05, 3.63) is 77.0 Å². The average Bonchev–Trinajstić information content (AvgIpc) is 3.44. The fourth-order valence-corrected chi connectivity index (χ4v) is 5.48. The van der Waals surface area contributed by atoms with Gasteiger partial charge in [-0.2, -0.15) is 5.10 Å². The molecule has 38 heavy (non-hydrogen) atoms. The zero-order chi connectivity index (χ0) is 26.8. The number of hydrogen-bond donors (Lipinski definition) is 4. The number of amides is 2. The molecule has 0 spiro atoms. The molecule has 2 amide bonds. The first-order valence-corrected chi connectivity index (χ1v) is 12.9. The van der Waals surface area contributed by atoms with Gasteiger partial charge in [-0.15, -0.1) is 0 Å².